The molecule has 5 nitrogen and oxygen atoms in total. The van der Waals surface area contributed by atoms with Gasteiger partial charge in [-0.2, -0.15) is 0 Å². The summed E-state index contributed by atoms with van der Waals surface area (Å²) in [7, 11) is 0. The number of benzene rings is 3. The molecule has 0 radical (unpaired) electrons. The maximum absolute atomic E-state index is 13.3. The second kappa shape index (κ2) is 8.46. The van der Waals surface area contributed by atoms with Crippen molar-refractivity contribution in [3.8, 4) is 17.1 Å². The van der Waals surface area contributed by atoms with Crippen molar-refractivity contribution in [2.75, 3.05) is 0 Å². The lowest BCUT2D eigenvalue weighted by molar-refractivity contribution is 0.0697. The van der Waals surface area contributed by atoms with Gasteiger partial charge in [-0.05, 0) is 54.4 Å². The highest BCUT2D eigenvalue weighted by Gasteiger charge is 2.20. The Morgan fingerprint density at radius 2 is 1.74 bits per heavy atom. The van der Waals surface area contributed by atoms with E-state index in [-0.39, 0.29) is 29.1 Å². The van der Waals surface area contributed by atoms with Crippen LogP contribution < -0.4 is 10.2 Å². The number of aryl methyl sites for hydroxylation is 1. The van der Waals surface area contributed by atoms with E-state index < -0.39 is 5.97 Å². The summed E-state index contributed by atoms with van der Waals surface area (Å²) in [6, 6.07) is 16.5. The molecule has 0 saturated carbocycles. The molecular formula is C24H16Cl2O5. The van der Waals surface area contributed by atoms with Crippen LogP contribution in [0.15, 0.2) is 69.9 Å². The van der Waals surface area contributed by atoms with Crippen molar-refractivity contribution in [1.29, 1.82) is 0 Å². The third kappa shape index (κ3) is 4.15. The SMILES string of the molecule is Cc1cc2oc(-c3ccccc3Cl)c(OCc3ccc(C(=O)O)cc3)c(=O)c2cc1Cl. The molecule has 0 fully saturated rings. The maximum atomic E-state index is 13.3. The van der Waals surface area contributed by atoms with Gasteiger partial charge in [0.2, 0.25) is 11.2 Å². The van der Waals surface area contributed by atoms with E-state index in [1.165, 1.54) is 12.1 Å². The number of aromatic carboxylic acids is 1. The number of hydrogen-bond donors (Lipinski definition) is 1. The third-order valence-corrected chi connectivity index (χ3v) is 5.57. The monoisotopic (exact) mass is 454 g/mol. The molecule has 0 aliphatic heterocycles. The molecule has 1 heterocycles. The van der Waals surface area contributed by atoms with Crippen molar-refractivity contribution < 1.29 is 19.1 Å². The molecule has 31 heavy (non-hydrogen) atoms. The quantitative estimate of drug-likeness (QED) is 0.379. The molecule has 3 aromatic carbocycles. The van der Waals surface area contributed by atoms with Gasteiger partial charge in [-0.3, -0.25) is 4.79 Å². The van der Waals surface area contributed by atoms with Crippen molar-refractivity contribution in [3.05, 3.63) is 97.6 Å². The highest BCUT2D eigenvalue weighted by molar-refractivity contribution is 6.33. The largest absolute Gasteiger partial charge is 0.481 e. The molecule has 7 heteroatoms. The number of fused-ring (bicyclic) bond motifs is 1. The Kier molecular flexibility index (Phi) is 5.72. The predicted octanol–water partition coefficient (Wildman–Crippen LogP) is 6.35. The van der Waals surface area contributed by atoms with Gasteiger partial charge in [-0.1, -0.05) is 47.5 Å². The van der Waals surface area contributed by atoms with Gasteiger partial charge in [-0.25, -0.2) is 4.79 Å². The molecule has 0 spiro atoms. The number of halogens is 2. The van der Waals surface area contributed by atoms with Crippen molar-refractivity contribution >= 4 is 40.1 Å². The van der Waals surface area contributed by atoms with E-state index in [2.05, 4.69) is 0 Å². The van der Waals surface area contributed by atoms with E-state index in [4.69, 9.17) is 37.5 Å². The molecule has 0 atom stereocenters. The Balaban J connectivity index is 1.83. The average molecular weight is 455 g/mol. The second-order valence-corrected chi connectivity index (χ2v) is 7.77. The lowest BCUT2D eigenvalue weighted by Crippen LogP contribution is -2.11. The normalized spacial score (nSPS) is 10.9. The lowest BCUT2D eigenvalue weighted by atomic mass is 10.1. The van der Waals surface area contributed by atoms with Gasteiger partial charge < -0.3 is 14.3 Å². The summed E-state index contributed by atoms with van der Waals surface area (Å²) in [5.41, 5.74) is 2.15. The summed E-state index contributed by atoms with van der Waals surface area (Å²) in [6.07, 6.45) is 0. The Hall–Kier alpha value is -3.28. The van der Waals surface area contributed by atoms with Gasteiger partial charge in [0, 0.05) is 10.6 Å². The molecule has 4 rings (SSSR count). The first-order valence-electron chi connectivity index (χ1n) is 9.32. The zero-order valence-electron chi connectivity index (χ0n) is 16.3. The second-order valence-electron chi connectivity index (χ2n) is 6.96. The first-order chi connectivity index (χ1) is 14.8. The minimum absolute atomic E-state index is 0.00262. The molecule has 0 aliphatic rings. The van der Waals surface area contributed by atoms with Crippen molar-refractivity contribution in [1.82, 2.24) is 0 Å². The molecule has 0 unspecified atom stereocenters. The molecule has 0 saturated heterocycles. The number of rotatable bonds is 5. The van der Waals surface area contributed by atoms with E-state index in [9.17, 15) is 9.59 Å². The molecule has 0 bridgehead atoms. The zero-order chi connectivity index (χ0) is 22.1. The number of ether oxygens (including phenoxy) is 1. The molecule has 0 aliphatic carbocycles. The van der Waals surface area contributed by atoms with Crippen LogP contribution >= 0.6 is 23.2 Å². The summed E-state index contributed by atoms with van der Waals surface area (Å²) < 4.78 is 12.0. The van der Waals surface area contributed by atoms with Crippen molar-refractivity contribution in [2.24, 2.45) is 0 Å². The molecular weight excluding hydrogens is 439 g/mol. The van der Waals surface area contributed by atoms with Crippen LogP contribution in [0.1, 0.15) is 21.5 Å². The minimum atomic E-state index is -1.02. The van der Waals surface area contributed by atoms with E-state index in [1.807, 2.05) is 6.92 Å². The van der Waals surface area contributed by atoms with Gasteiger partial charge in [0.05, 0.1) is 16.0 Å². The van der Waals surface area contributed by atoms with E-state index in [0.29, 0.717) is 32.1 Å². The van der Waals surface area contributed by atoms with Gasteiger partial charge in [0.1, 0.15) is 12.2 Å². The zero-order valence-corrected chi connectivity index (χ0v) is 17.8. The van der Waals surface area contributed by atoms with Crippen LogP contribution in [0, 0.1) is 6.92 Å². The predicted molar refractivity (Wildman–Crippen MR) is 120 cm³/mol. The summed E-state index contributed by atoms with van der Waals surface area (Å²) in [4.78, 5) is 24.3. The van der Waals surface area contributed by atoms with E-state index in [0.717, 1.165) is 5.56 Å². The van der Waals surface area contributed by atoms with Crippen molar-refractivity contribution in [2.45, 2.75) is 13.5 Å². The number of hydrogen-bond acceptors (Lipinski definition) is 4. The summed E-state index contributed by atoms with van der Waals surface area (Å²) in [5.74, 6) is -0.800. The van der Waals surface area contributed by atoms with Crippen LogP contribution in [0.4, 0.5) is 0 Å². The minimum Gasteiger partial charge on any atom is -0.481 e. The highest BCUT2D eigenvalue weighted by atomic mass is 35.5. The van der Waals surface area contributed by atoms with Crippen LogP contribution in [-0.2, 0) is 6.61 Å². The van der Waals surface area contributed by atoms with Gasteiger partial charge >= 0.3 is 5.97 Å². The van der Waals surface area contributed by atoms with Crippen LogP contribution in [0.25, 0.3) is 22.3 Å². The molecule has 1 N–H and O–H groups in total. The Morgan fingerprint density at radius 1 is 1.03 bits per heavy atom. The van der Waals surface area contributed by atoms with Crippen LogP contribution in [-0.4, -0.2) is 11.1 Å². The fourth-order valence-electron chi connectivity index (χ4n) is 3.15. The summed E-state index contributed by atoms with van der Waals surface area (Å²) in [6.45, 7) is 1.86. The number of carbonyl (C=O) groups is 1. The first kappa shape index (κ1) is 21.0. The fraction of sp³-hybridized carbons (Fsp3) is 0.0833. The van der Waals surface area contributed by atoms with Gasteiger partial charge in [-0.15, -0.1) is 0 Å². The number of carboxylic acids is 1. The molecule has 4 aromatic rings. The molecule has 1 aromatic heterocycles. The van der Waals surface area contributed by atoms with E-state index >= 15 is 0 Å². The fourth-order valence-corrected chi connectivity index (χ4v) is 3.54. The summed E-state index contributed by atoms with van der Waals surface area (Å²) >= 11 is 12.6. The Bertz CT molecular complexity index is 1360. The van der Waals surface area contributed by atoms with Crippen molar-refractivity contribution in [3.63, 3.8) is 0 Å². The Morgan fingerprint density at radius 3 is 2.42 bits per heavy atom. The topological polar surface area (TPSA) is 76.7 Å². The van der Waals surface area contributed by atoms with Crippen LogP contribution in [0.3, 0.4) is 0 Å². The van der Waals surface area contributed by atoms with Crippen LogP contribution in [0.5, 0.6) is 5.75 Å². The van der Waals surface area contributed by atoms with Gasteiger partial charge in [0.25, 0.3) is 0 Å². The lowest BCUT2D eigenvalue weighted by Gasteiger charge is -2.13. The third-order valence-electron chi connectivity index (χ3n) is 4.83. The van der Waals surface area contributed by atoms with Crippen LogP contribution in [0.2, 0.25) is 10.0 Å². The van der Waals surface area contributed by atoms with Gasteiger partial charge in [0.15, 0.2) is 5.76 Å². The number of carboxylic acid groups (broad SMARTS) is 1. The highest BCUT2D eigenvalue weighted by Crippen LogP contribution is 2.36. The first-order valence-corrected chi connectivity index (χ1v) is 10.1. The molecule has 0 amide bonds. The standard InChI is InChI=1S/C24H16Cl2O5/c1-13-10-20-17(11-19(13)26)21(27)23(22(31-20)16-4-2-3-5-18(16)25)30-12-14-6-8-15(9-7-14)24(28)29/h2-11H,12H2,1H3,(H,28,29). The smallest absolute Gasteiger partial charge is 0.335 e. The summed E-state index contributed by atoms with van der Waals surface area (Å²) in [5, 5.41) is 10.2. The molecule has 156 valence electrons. The van der Waals surface area contributed by atoms with E-state index in [1.54, 1.807) is 48.5 Å². The average Bonchev–Trinajstić information content (AvgIpc) is 2.75. The maximum Gasteiger partial charge on any atom is 0.335 e. The Labute approximate surface area is 187 Å².